The molecule has 6 nitrogen and oxygen atoms in total. The zero-order valence-electron chi connectivity index (χ0n) is 15.1. The van der Waals surface area contributed by atoms with Crippen molar-refractivity contribution in [3.8, 4) is 11.4 Å². The molecule has 0 radical (unpaired) electrons. The molecule has 0 spiro atoms. The predicted molar refractivity (Wildman–Crippen MR) is 101 cm³/mol. The highest BCUT2D eigenvalue weighted by molar-refractivity contribution is 6.30. The fraction of sp³-hybridized carbons (Fsp3) is 0.526. The number of nitrogens with zero attached hydrogens (tertiary/aromatic N) is 3. The van der Waals surface area contributed by atoms with Crippen LogP contribution in [0, 0.1) is 5.92 Å². The number of aromatic nitrogens is 2. The van der Waals surface area contributed by atoms with Crippen LogP contribution in [0.1, 0.15) is 38.5 Å². The lowest BCUT2D eigenvalue weighted by atomic mass is 9.97. The van der Waals surface area contributed by atoms with E-state index in [1.807, 2.05) is 12.1 Å². The van der Waals surface area contributed by atoms with Gasteiger partial charge in [-0.2, -0.15) is 4.98 Å². The van der Waals surface area contributed by atoms with Crippen molar-refractivity contribution in [1.82, 2.24) is 20.4 Å². The molecule has 1 amide bonds. The van der Waals surface area contributed by atoms with Crippen molar-refractivity contribution in [3.05, 3.63) is 35.2 Å². The van der Waals surface area contributed by atoms with Gasteiger partial charge < -0.3 is 9.84 Å². The third-order valence-corrected chi connectivity index (χ3v) is 4.89. The van der Waals surface area contributed by atoms with Gasteiger partial charge in [-0.15, -0.1) is 0 Å². The van der Waals surface area contributed by atoms with E-state index in [-0.39, 0.29) is 11.8 Å². The highest BCUT2D eigenvalue weighted by Gasteiger charge is 2.26. The molecule has 3 rings (SSSR count). The van der Waals surface area contributed by atoms with Gasteiger partial charge in [0.15, 0.2) is 0 Å². The van der Waals surface area contributed by atoms with Crippen LogP contribution in [-0.4, -0.2) is 40.6 Å². The Morgan fingerprint density at radius 2 is 2.19 bits per heavy atom. The highest BCUT2D eigenvalue weighted by Crippen LogP contribution is 2.21. The number of hydrogen-bond donors (Lipinski definition) is 1. The van der Waals surface area contributed by atoms with E-state index in [9.17, 15) is 4.79 Å². The van der Waals surface area contributed by atoms with Crippen LogP contribution in [0.3, 0.4) is 0 Å². The first-order valence-electron chi connectivity index (χ1n) is 9.24. The maximum atomic E-state index is 12.3. The third-order valence-electron chi connectivity index (χ3n) is 4.64. The predicted octanol–water partition coefficient (Wildman–Crippen LogP) is 3.52. The number of halogens is 1. The number of carbonyl (C=O) groups excluding carboxylic acids is 1. The smallest absolute Gasteiger partial charge is 0.241 e. The second-order valence-electron chi connectivity index (χ2n) is 6.74. The van der Waals surface area contributed by atoms with Crippen molar-refractivity contribution < 1.29 is 9.32 Å². The van der Waals surface area contributed by atoms with Crippen LogP contribution in [0.4, 0.5) is 0 Å². The van der Waals surface area contributed by atoms with Gasteiger partial charge in [-0.25, -0.2) is 0 Å². The van der Waals surface area contributed by atoms with Gasteiger partial charge in [0.25, 0.3) is 0 Å². The fourth-order valence-corrected chi connectivity index (χ4v) is 3.30. The standard InChI is InChI=1S/C19H25ClN4O2/c1-2-3-10-21-19(25)15-5-4-11-24(12-15)13-17-22-18(23-26-17)14-6-8-16(20)9-7-14/h6-9,15H,2-5,10-13H2,1H3,(H,21,25). The number of amides is 1. The quantitative estimate of drug-likeness (QED) is 0.748. The highest BCUT2D eigenvalue weighted by atomic mass is 35.5. The molecular weight excluding hydrogens is 352 g/mol. The second kappa shape index (κ2) is 9.14. The zero-order chi connectivity index (χ0) is 18.4. The van der Waals surface area contributed by atoms with E-state index < -0.39 is 0 Å². The number of benzene rings is 1. The largest absolute Gasteiger partial charge is 0.356 e. The van der Waals surface area contributed by atoms with Crippen LogP contribution in [0.25, 0.3) is 11.4 Å². The number of unbranched alkanes of at least 4 members (excludes halogenated alkanes) is 1. The van der Waals surface area contributed by atoms with E-state index in [0.717, 1.165) is 50.9 Å². The summed E-state index contributed by atoms with van der Waals surface area (Å²) in [4.78, 5) is 19.0. The lowest BCUT2D eigenvalue weighted by Crippen LogP contribution is -2.42. The molecule has 1 N–H and O–H groups in total. The number of carbonyl (C=O) groups is 1. The second-order valence-corrected chi connectivity index (χ2v) is 7.17. The van der Waals surface area contributed by atoms with Gasteiger partial charge in [-0.05, 0) is 50.1 Å². The van der Waals surface area contributed by atoms with Crippen molar-refractivity contribution in [3.63, 3.8) is 0 Å². The summed E-state index contributed by atoms with van der Waals surface area (Å²) in [5.41, 5.74) is 0.872. The van der Waals surface area contributed by atoms with Gasteiger partial charge >= 0.3 is 0 Å². The van der Waals surface area contributed by atoms with Gasteiger partial charge in [-0.1, -0.05) is 30.1 Å². The Balaban J connectivity index is 1.55. The van der Waals surface area contributed by atoms with Crippen LogP contribution in [0.2, 0.25) is 5.02 Å². The number of hydrogen-bond acceptors (Lipinski definition) is 5. The van der Waals surface area contributed by atoms with Gasteiger partial charge in [0.1, 0.15) is 0 Å². The van der Waals surface area contributed by atoms with Gasteiger partial charge in [0, 0.05) is 23.7 Å². The van der Waals surface area contributed by atoms with Crippen LogP contribution < -0.4 is 5.32 Å². The van der Waals surface area contributed by atoms with E-state index in [0.29, 0.717) is 23.3 Å². The molecule has 1 aromatic carbocycles. The molecule has 1 atom stereocenters. The first-order valence-corrected chi connectivity index (χ1v) is 9.62. The van der Waals surface area contributed by atoms with Gasteiger partial charge in [-0.3, -0.25) is 9.69 Å². The number of likely N-dealkylation sites (tertiary alicyclic amines) is 1. The zero-order valence-corrected chi connectivity index (χ0v) is 15.8. The SMILES string of the molecule is CCCCNC(=O)C1CCCN(Cc2nc(-c3ccc(Cl)cc3)no2)C1. The minimum atomic E-state index is 0.0410. The lowest BCUT2D eigenvalue weighted by Gasteiger charge is -2.30. The fourth-order valence-electron chi connectivity index (χ4n) is 3.17. The molecule has 2 aromatic rings. The minimum absolute atomic E-state index is 0.0410. The van der Waals surface area contributed by atoms with Gasteiger partial charge in [0.2, 0.25) is 17.6 Å². The molecule has 1 fully saturated rings. The maximum absolute atomic E-state index is 12.3. The molecule has 140 valence electrons. The van der Waals surface area contributed by atoms with E-state index in [2.05, 4.69) is 27.3 Å². The van der Waals surface area contributed by atoms with Crippen molar-refractivity contribution in [2.45, 2.75) is 39.2 Å². The molecular formula is C19H25ClN4O2. The van der Waals surface area contributed by atoms with Crippen molar-refractivity contribution >= 4 is 17.5 Å². The summed E-state index contributed by atoms with van der Waals surface area (Å²) in [7, 11) is 0. The van der Waals surface area contributed by atoms with Crippen molar-refractivity contribution in [1.29, 1.82) is 0 Å². The van der Waals surface area contributed by atoms with Crippen molar-refractivity contribution in [2.75, 3.05) is 19.6 Å². The Kier molecular flexibility index (Phi) is 6.63. The molecule has 1 aliphatic heterocycles. The van der Waals surface area contributed by atoms with Crippen LogP contribution in [0.5, 0.6) is 0 Å². The molecule has 1 unspecified atom stereocenters. The number of piperidine rings is 1. The summed E-state index contributed by atoms with van der Waals surface area (Å²) >= 11 is 5.91. The summed E-state index contributed by atoms with van der Waals surface area (Å²) in [5, 5.41) is 7.77. The molecule has 7 heteroatoms. The molecule has 1 aromatic heterocycles. The topological polar surface area (TPSA) is 71.3 Å². The normalized spacial score (nSPS) is 18.0. The molecule has 1 aliphatic rings. The Bertz CT molecular complexity index is 717. The molecule has 0 bridgehead atoms. The monoisotopic (exact) mass is 376 g/mol. The summed E-state index contributed by atoms with van der Waals surface area (Å²) in [6, 6.07) is 7.35. The Morgan fingerprint density at radius 1 is 1.38 bits per heavy atom. The summed E-state index contributed by atoms with van der Waals surface area (Å²) in [6.07, 6.45) is 4.06. The molecule has 2 heterocycles. The molecule has 1 saturated heterocycles. The minimum Gasteiger partial charge on any atom is -0.356 e. The van der Waals surface area contributed by atoms with E-state index in [4.69, 9.17) is 16.1 Å². The van der Waals surface area contributed by atoms with Crippen LogP contribution in [0.15, 0.2) is 28.8 Å². The summed E-state index contributed by atoms with van der Waals surface area (Å²) in [5.74, 6) is 1.33. The average Bonchev–Trinajstić information content (AvgIpc) is 3.11. The van der Waals surface area contributed by atoms with E-state index >= 15 is 0 Å². The summed E-state index contributed by atoms with van der Waals surface area (Å²) in [6.45, 7) is 5.13. The Labute approximate surface area is 158 Å². The van der Waals surface area contributed by atoms with Gasteiger partial charge in [0.05, 0.1) is 12.5 Å². The van der Waals surface area contributed by atoms with Crippen molar-refractivity contribution in [2.24, 2.45) is 5.92 Å². The Hall–Kier alpha value is -1.92. The molecule has 0 saturated carbocycles. The third kappa shape index (κ3) is 5.05. The average molecular weight is 377 g/mol. The number of nitrogens with one attached hydrogen (secondary N) is 1. The number of rotatable bonds is 7. The Morgan fingerprint density at radius 3 is 2.96 bits per heavy atom. The first kappa shape index (κ1) is 18.9. The lowest BCUT2D eigenvalue weighted by molar-refractivity contribution is -0.126. The first-order chi connectivity index (χ1) is 12.7. The molecule has 26 heavy (non-hydrogen) atoms. The van der Waals surface area contributed by atoms with E-state index in [1.54, 1.807) is 12.1 Å². The van der Waals surface area contributed by atoms with Crippen LogP contribution in [-0.2, 0) is 11.3 Å². The van der Waals surface area contributed by atoms with E-state index in [1.165, 1.54) is 0 Å². The molecule has 0 aliphatic carbocycles. The maximum Gasteiger partial charge on any atom is 0.241 e. The summed E-state index contributed by atoms with van der Waals surface area (Å²) < 4.78 is 5.39. The van der Waals surface area contributed by atoms with Crippen LogP contribution >= 0.6 is 11.6 Å².